The van der Waals surface area contributed by atoms with Crippen LogP contribution in [0.1, 0.15) is 21.1 Å². The van der Waals surface area contributed by atoms with Crippen LogP contribution in [0.3, 0.4) is 0 Å². The molecule has 0 aliphatic rings. The van der Waals surface area contributed by atoms with Gasteiger partial charge in [0, 0.05) is 17.5 Å². The van der Waals surface area contributed by atoms with Crippen LogP contribution in [0.15, 0.2) is 72.1 Å². The Labute approximate surface area is 167 Å². The van der Waals surface area contributed by atoms with Crippen LogP contribution >= 0.6 is 11.3 Å². The second-order valence-corrected chi connectivity index (χ2v) is 7.56. The van der Waals surface area contributed by atoms with E-state index in [0.29, 0.717) is 12.4 Å². The first-order chi connectivity index (χ1) is 13.6. The summed E-state index contributed by atoms with van der Waals surface area (Å²) in [5.74, 6) is 0.648. The third-order valence-corrected chi connectivity index (χ3v) is 5.53. The number of thiophene rings is 1. The predicted molar refractivity (Wildman–Crippen MR) is 112 cm³/mol. The van der Waals surface area contributed by atoms with Gasteiger partial charge in [0.15, 0.2) is 5.82 Å². The minimum atomic E-state index is -0.195. The van der Waals surface area contributed by atoms with Gasteiger partial charge >= 0.3 is 0 Å². The van der Waals surface area contributed by atoms with Gasteiger partial charge < -0.3 is 4.90 Å². The van der Waals surface area contributed by atoms with E-state index in [-0.39, 0.29) is 11.7 Å². The van der Waals surface area contributed by atoms with Gasteiger partial charge in [-0.15, -0.1) is 16.4 Å². The molecule has 4 rings (SSSR count). The van der Waals surface area contributed by atoms with Crippen molar-refractivity contribution in [2.75, 3.05) is 7.05 Å². The van der Waals surface area contributed by atoms with Gasteiger partial charge in [-0.25, -0.2) is 9.67 Å². The van der Waals surface area contributed by atoms with Crippen molar-refractivity contribution < 1.29 is 4.79 Å². The topological polar surface area (TPSA) is 51.0 Å². The maximum Gasteiger partial charge on any atom is 0.293 e. The Morgan fingerprint density at radius 1 is 1.04 bits per heavy atom. The molecule has 0 saturated carbocycles. The Bertz CT molecular complexity index is 1030. The van der Waals surface area contributed by atoms with Crippen LogP contribution in [-0.2, 0) is 6.54 Å². The summed E-state index contributed by atoms with van der Waals surface area (Å²) in [4.78, 5) is 20.4. The molecule has 0 aliphatic heterocycles. The lowest BCUT2D eigenvalue weighted by Crippen LogP contribution is -2.27. The Kier molecular flexibility index (Phi) is 5.04. The van der Waals surface area contributed by atoms with E-state index in [1.165, 1.54) is 10.4 Å². The quantitative estimate of drug-likeness (QED) is 0.503. The molecule has 0 atom stereocenters. The average molecular weight is 388 g/mol. The normalized spacial score (nSPS) is 10.8. The van der Waals surface area contributed by atoms with E-state index >= 15 is 0 Å². The molecule has 0 spiro atoms. The van der Waals surface area contributed by atoms with Crippen molar-refractivity contribution in [3.8, 4) is 17.1 Å². The van der Waals surface area contributed by atoms with Gasteiger partial charge in [-0.1, -0.05) is 48.5 Å². The molecule has 0 N–H and O–H groups in total. The predicted octanol–water partition coefficient (Wildman–Crippen LogP) is 4.58. The van der Waals surface area contributed by atoms with Crippen LogP contribution in [0.5, 0.6) is 0 Å². The fourth-order valence-corrected chi connectivity index (χ4v) is 3.91. The number of hydrogen-bond donors (Lipinski definition) is 0. The third-order valence-electron chi connectivity index (χ3n) is 4.53. The summed E-state index contributed by atoms with van der Waals surface area (Å²) in [6.45, 7) is 2.60. The number of nitrogens with zero attached hydrogens (tertiary/aromatic N) is 4. The molecule has 28 heavy (non-hydrogen) atoms. The molecular weight excluding hydrogens is 368 g/mol. The van der Waals surface area contributed by atoms with E-state index in [2.05, 4.69) is 23.1 Å². The molecular formula is C22H20N4OS. The summed E-state index contributed by atoms with van der Waals surface area (Å²) in [6, 6.07) is 21.6. The molecule has 1 amide bonds. The van der Waals surface area contributed by atoms with Crippen LogP contribution < -0.4 is 0 Å². The number of carbonyl (C=O) groups is 1. The summed E-state index contributed by atoms with van der Waals surface area (Å²) in [5, 5.41) is 6.59. The van der Waals surface area contributed by atoms with E-state index in [1.54, 1.807) is 28.0 Å². The highest BCUT2D eigenvalue weighted by Crippen LogP contribution is 2.22. The molecule has 0 saturated heterocycles. The van der Waals surface area contributed by atoms with Crippen molar-refractivity contribution in [3.63, 3.8) is 0 Å². The number of para-hydroxylation sites is 1. The van der Waals surface area contributed by atoms with Gasteiger partial charge in [0.05, 0.1) is 12.2 Å². The van der Waals surface area contributed by atoms with Crippen molar-refractivity contribution >= 4 is 17.2 Å². The van der Waals surface area contributed by atoms with Crippen molar-refractivity contribution in [2.45, 2.75) is 13.5 Å². The fourth-order valence-electron chi connectivity index (χ4n) is 2.95. The molecule has 2 aromatic heterocycles. The van der Waals surface area contributed by atoms with Crippen LogP contribution in [0.4, 0.5) is 0 Å². The van der Waals surface area contributed by atoms with E-state index in [0.717, 1.165) is 11.3 Å². The summed E-state index contributed by atoms with van der Waals surface area (Å²) in [7, 11) is 1.78. The highest BCUT2D eigenvalue weighted by Gasteiger charge is 2.22. The van der Waals surface area contributed by atoms with Gasteiger partial charge in [-0.3, -0.25) is 4.79 Å². The molecule has 0 fully saturated rings. The van der Waals surface area contributed by atoms with Crippen molar-refractivity contribution in [1.29, 1.82) is 0 Å². The Morgan fingerprint density at radius 2 is 1.71 bits per heavy atom. The maximum absolute atomic E-state index is 13.0. The molecule has 140 valence electrons. The first-order valence-corrected chi connectivity index (χ1v) is 9.88. The molecule has 0 unspecified atom stereocenters. The summed E-state index contributed by atoms with van der Waals surface area (Å²) < 4.78 is 1.73. The zero-order chi connectivity index (χ0) is 19.5. The number of aryl methyl sites for hydroxylation is 1. The lowest BCUT2D eigenvalue weighted by molar-refractivity contribution is 0.0774. The molecule has 6 heteroatoms. The maximum atomic E-state index is 13.0. The van der Waals surface area contributed by atoms with Crippen molar-refractivity contribution in [2.24, 2.45) is 0 Å². The second kappa shape index (κ2) is 7.78. The third kappa shape index (κ3) is 3.59. The minimum Gasteiger partial charge on any atom is -0.334 e. The fraction of sp³-hybridized carbons (Fsp3) is 0.136. The Balaban J connectivity index is 1.71. The summed E-state index contributed by atoms with van der Waals surface area (Å²) in [5.41, 5.74) is 2.97. The van der Waals surface area contributed by atoms with Crippen molar-refractivity contribution in [3.05, 3.63) is 88.4 Å². The van der Waals surface area contributed by atoms with Gasteiger partial charge in [0.25, 0.3) is 5.91 Å². The highest BCUT2D eigenvalue weighted by atomic mass is 32.1. The summed E-state index contributed by atoms with van der Waals surface area (Å²) in [6.07, 6.45) is 0. The van der Waals surface area contributed by atoms with Crippen LogP contribution in [0, 0.1) is 6.92 Å². The zero-order valence-corrected chi connectivity index (χ0v) is 16.6. The van der Waals surface area contributed by atoms with Gasteiger partial charge in [-0.2, -0.15) is 0 Å². The largest absolute Gasteiger partial charge is 0.334 e. The molecule has 4 aromatic rings. The van der Waals surface area contributed by atoms with Crippen LogP contribution in [0.25, 0.3) is 17.1 Å². The minimum absolute atomic E-state index is 0.194. The van der Waals surface area contributed by atoms with E-state index in [1.807, 2.05) is 66.0 Å². The molecule has 5 nitrogen and oxygen atoms in total. The molecule has 2 heterocycles. The Morgan fingerprint density at radius 3 is 2.36 bits per heavy atom. The number of aromatic nitrogens is 3. The van der Waals surface area contributed by atoms with Gasteiger partial charge in [0.2, 0.25) is 5.82 Å². The van der Waals surface area contributed by atoms with E-state index in [4.69, 9.17) is 0 Å². The highest BCUT2D eigenvalue weighted by molar-refractivity contribution is 7.10. The standard InChI is InChI=1S/C22H20N4OS/c1-16-13-14-28-19(16)15-25(2)22(27)20-23-21(17-9-5-3-6-10-17)26(24-20)18-11-7-4-8-12-18/h3-14H,15H2,1-2H3. The number of rotatable bonds is 5. The van der Waals surface area contributed by atoms with E-state index in [9.17, 15) is 4.79 Å². The van der Waals surface area contributed by atoms with Gasteiger partial charge in [-0.05, 0) is 36.1 Å². The number of carbonyl (C=O) groups excluding carboxylic acids is 1. The lowest BCUT2D eigenvalue weighted by Gasteiger charge is -2.14. The molecule has 0 radical (unpaired) electrons. The first-order valence-electron chi connectivity index (χ1n) is 9.00. The SMILES string of the molecule is Cc1ccsc1CN(C)C(=O)c1nc(-c2ccccc2)n(-c2ccccc2)n1. The number of hydrogen-bond acceptors (Lipinski definition) is 4. The monoisotopic (exact) mass is 388 g/mol. The summed E-state index contributed by atoms with van der Waals surface area (Å²) >= 11 is 1.65. The van der Waals surface area contributed by atoms with Gasteiger partial charge in [0.1, 0.15) is 0 Å². The number of benzene rings is 2. The molecule has 0 bridgehead atoms. The number of amides is 1. The smallest absolute Gasteiger partial charge is 0.293 e. The lowest BCUT2D eigenvalue weighted by atomic mass is 10.2. The average Bonchev–Trinajstić information content (AvgIpc) is 3.35. The zero-order valence-electron chi connectivity index (χ0n) is 15.7. The molecule has 2 aromatic carbocycles. The second-order valence-electron chi connectivity index (χ2n) is 6.56. The van der Waals surface area contributed by atoms with Crippen molar-refractivity contribution in [1.82, 2.24) is 19.7 Å². The van der Waals surface area contributed by atoms with Crippen LogP contribution in [0.2, 0.25) is 0 Å². The van der Waals surface area contributed by atoms with E-state index < -0.39 is 0 Å². The van der Waals surface area contributed by atoms with Crippen LogP contribution in [-0.4, -0.2) is 32.6 Å². The first kappa shape index (κ1) is 18.1. The Hall–Kier alpha value is -3.25. The molecule has 0 aliphatic carbocycles.